The molecule has 0 bridgehead atoms. The minimum absolute atomic E-state index is 0.0746. The van der Waals surface area contributed by atoms with Gasteiger partial charge in [-0.05, 0) is 38.2 Å². The van der Waals surface area contributed by atoms with Crippen LogP contribution in [0.15, 0.2) is 45.7 Å². The molecule has 0 spiro atoms. The molecule has 3 heterocycles. The highest BCUT2D eigenvalue weighted by atomic mass is 16.4. The molecule has 0 aliphatic carbocycles. The Kier molecular flexibility index (Phi) is 5.08. The van der Waals surface area contributed by atoms with Crippen LogP contribution < -0.4 is 5.56 Å². The first kappa shape index (κ1) is 17.5. The second-order valence-corrected chi connectivity index (χ2v) is 6.84. The fraction of sp³-hybridized carbons (Fsp3) is 0.474. The van der Waals surface area contributed by atoms with E-state index in [1.165, 1.54) is 6.07 Å². The Labute approximate surface area is 147 Å². The van der Waals surface area contributed by atoms with Gasteiger partial charge in [0, 0.05) is 31.4 Å². The zero-order chi connectivity index (χ0) is 18.0. The Morgan fingerprint density at radius 2 is 2.04 bits per heavy atom. The number of carbonyl (C=O) groups is 1. The molecule has 25 heavy (non-hydrogen) atoms. The van der Waals surface area contributed by atoms with E-state index in [0.717, 1.165) is 19.5 Å². The largest absolute Gasteiger partial charge is 0.454 e. The molecule has 2 aromatic rings. The standard InChI is InChI=1S/C19H25N3O3/c1-4-14-11-22(13-16(14)20(2)3)19(24)17-9-8-15(25-17)12-21-10-6-5-7-18(21)23/h5-10,14,16H,4,11-13H2,1-3H3/t14-,16-/m0/s1. The number of aromatic nitrogens is 1. The molecule has 0 radical (unpaired) electrons. The lowest BCUT2D eigenvalue weighted by molar-refractivity contribution is 0.0747. The summed E-state index contributed by atoms with van der Waals surface area (Å²) < 4.78 is 7.27. The number of rotatable bonds is 5. The summed E-state index contributed by atoms with van der Waals surface area (Å²) in [5, 5.41) is 0. The molecule has 1 aliphatic rings. The van der Waals surface area contributed by atoms with Crippen LogP contribution in [0.4, 0.5) is 0 Å². The lowest BCUT2D eigenvalue weighted by atomic mass is 10.0. The molecular formula is C19H25N3O3. The van der Waals surface area contributed by atoms with Gasteiger partial charge in [0.25, 0.3) is 11.5 Å². The summed E-state index contributed by atoms with van der Waals surface area (Å²) in [6, 6.07) is 8.86. The van der Waals surface area contributed by atoms with Gasteiger partial charge in [-0.15, -0.1) is 0 Å². The van der Waals surface area contributed by atoms with Gasteiger partial charge in [-0.25, -0.2) is 0 Å². The third-order valence-corrected chi connectivity index (χ3v) is 4.98. The van der Waals surface area contributed by atoms with Crippen LogP contribution in [0, 0.1) is 5.92 Å². The van der Waals surface area contributed by atoms with Crippen molar-refractivity contribution >= 4 is 5.91 Å². The molecule has 0 aromatic carbocycles. The Bertz CT molecular complexity index is 793. The van der Waals surface area contributed by atoms with Crippen LogP contribution in [-0.2, 0) is 6.54 Å². The number of pyridine rings is 1. The normalized spacial score (nSPS) is 20.4. The fourth-order valence-corrected chi connectivity index (χ4v) is 3.50. The van der Waals surface area contributed by atoms with Crippen molar-refractivity contribution in [1.29, 1.82) is 0 Å². The molecule has 6 heteroatoms. The second-order valence-electron chi connectivity index (χ2n) is 6.84. The van der Waals surface area contributed by atoms with Gasteiger partial charge in [0.15, 0.2) is 5.76 Å². The van der Waals surface area contributed by atoms with Gasteiger partial charge >= 0.3 is 0 Å². The Morgan fingerprint density at radius 1 is 1.24 bits per heavy atom. The molecule has 134 valence electrons. The van der Waals surface area contributed by atoms with Gasteiger partial charge in [0.1, 0.15) is 5.76 Å². The fourth-order valence-electron chi connectivity index (χ4n) is 3.50. The molecule has 0 saturated carbocycles. The van der Waals surface area contributed by atoms with Crippen molar-refractivity contribution in [2.45, 2.75) is 25.9 Å². The molecule has 2 aromatic heterocycles. The minimum Gasteiger partial charge on any atom is -0.454 e. The van der Waals surface area contributed by atoms with Gasteiger partial charge in [0.05, 0.1) is 6.54 Å². The van der Waals surface area contributed by atoms with Crippen molar-refractivity contribution in [2.75, 3.05) is 27.2 Å². The summed E-state index contributed by atoms with van der Waals surface area (Å²) >= 11 is 0. The SMILES string of the molecule is CC[C@H]1CN(C(=O)c2ccc(Cn3ccccc3=O)o2)C[C@@H]1N(C)C. The highest BCUT2D eigenvalue weighted by molar-refractivity contribution is 5.91. The lowest BCUT2D eigenvalue weighted by Gasteiger charge is -2.23. The zero-order valence-electron chi connectivity index (χ0n) is 15.0. The van der Waals surface area contributed by atoms with Crippen molar-refractivity contribution in [3.63, 3.8) is 0 Å². The van der Waals surface area contributed by atoms with Gasteiger partial charge in [-0.3, -0.25) is 9.59 Å². The Hall–Kier alpha value is -2.34. The van der Waals surface area contributed by atoms with E-state index in [4.69, 9.17) is 4.42 Å². The number of hydrogen-bond donors (Lipinski definition) is 0. The number of furan rings is 1. The van der Waals surface area contributed by atoms with E-state index in [0.29, 0.717) is 30.0 Å². The quantitative estimate of drug-likeness (QED) is 0.832. The number of hydrogen-bond acceptors (Lipinski definition) is 4. The summed E-state index contributed by atoms with van der Waals surface area (Å²) in [6.07, 6.45) is 2.76. The number of likely N-dealkylation sites (N-methyl/N-ethyl adjacent to an activating group) is 1. The van der Waals surface area contributed by atoms with Crippen molar-refractivity contribution < 1.29 is 9.21 Å². The van der Waals surface area contributed by atoms with Gasteiger partial charge in [0.2, 0.25) is 0 Å². The summed E-state index contributed by atoms with van der Waals surface area (Å²) in [4.78, 5) is 28.6. The van der Waals surface area contributed by atoms with E-state index < -0.39 is 0 Å². The molecule has 1 amide bonds. The van der Waals surface area contributed by atoms with Crippen LogP contribution in [0.5, 0.6) is 0 Å². The average Bonchev–Trinajstić information content (AvgIpc) is 3.23. The maximum absolute atomic E-state index is 12.8. The second kappa shape index (κ2) is 7.27. The summed E-state index contributed by atoms with van der Waals surface area (Å²) in [6.45, 7) is 3.97. The van der Waals surface area contributed by atoms with Crippen LogP contribution in [0.2, 0.25) is 0 Å². The van der Waals surface area contributed by atoms with E-state index in [-0.39, 0.29) is 11.5 Å². The maximum Gasteiger partial charge on any atom is 0.289 e. The summed E-state index contributed by atoms with van der Waals surface area (Å²) in [5.41, 5.74) is -0.0917. The number of amides is 1. The van der Waals surface area contributed by atoms with Crippen LogP contribution >= 0.6 is 0 Å². The maximum atomic E-state index is 12.8. The minimum atomic E-state index is -0.0917. The van der Waals surface area contributed by atoms with Gasteiger partial charge in [-0.1, -0.05) is 19.4 Å². The van der Waals surface area contributed by atoms with Crippen molar-refractivity contribution in [3.05, 3.63) is 58.4 Å². The third-order valence-electron chi connectivity index (χ3n) is 4.98. The van der Waals surface area contributed by atoms with Crippen LogP contribution in [0.1, 0.15) is 29.7 Å². The van der Waals surface area contributed by atoms with Gasteiger partial charge < -0.3 is 18.8 Å². The first-order chi connectivity index (χ1) is 12.0. The number of likely N-dealkylation sites (tertiary alicyclic amines) is 1. The van der Waals surface area contributed by atoms with Crippen LogP contribution in [-0.4, -0.2) is 53.5 Å². The molecule has 1 saturated heterocycles. The predicted octanol–water partition coefficient (Wildman–Crippen LogP) is 1.90. The molecule has 6 nitrogen and oxygen atoms in total. The number of carbonyl (C=O) groups excluding carboxylic acids is 1. The third kappa shape index (κ3) is 3.69. The smallest absolute Gasteiger partial charge is 0.289 e. The van der Waals surface area contributed by atoms with E-state index in [1.54, 1.807) is 35.0 Å². The molecule has 1 aliphatic heterocycles. The van der Waals surface area contributed by atoms with E-state index in [1.807, 2.05) is 4.90 Å². The molecule has 0 N–H and O–H groups in total. The summed E-state index contributed by atoms with van der Waals surface area (Å²) in [5.74, 6) is 1.35. The molecule has 3 rings (SSSR count). The van der Waals surface area contributed by atoms with Crippen molar-refractivity contribution in [1.82, 2.24) is 14.4 Å². The first-order valence-electron chi connectivity index (χ1n) is 8.69. The van der Waals surface area contributed by atoms with E-state index in [2.05, 4.69) is 25.9 Å². The highest BCUT2D eigenvalue weighted by Gasteiger charge is 2.36. The van der Waals surface area contributed by atoms with Crippen molar-refractivity contribution in [3.8, 4) is 0 Å². The molecule has 1 fully saturated rings. The predicted molar refractivity (Wildman–Crippen MR) is 95.7 cm³/mol. The Morgan fingerprint density at radius 3 is 2.68 bits per heavy atom. The topological polar surface area (TPSA) is 58.7 Å². The van der Waals surface area contributed by atoms with Crippen LogP contribution in [0.3, 0.4) is 0 Å². The van der Waals surface area contributed by atoms with Crippen molar-refractivity contribution in [2.24, 2.45) is 5.92 Å². The Balaban J connectivity index is 1.71. The van der Waals surface area contributed by atoms with Gasteiger partial charge in [-0.2, -0.15) is 0 Å². The molecule has 2 atom stereocenters. The first-order valence-corrected chi connectivity index (χ1v) is 8.69. The number of nitrogens with zero attached hydrogens (tertiary/aromatic N) is 3. The zero-order valence-corrected chi connectivity index (χ0v) is 15.0. The molecule has 0 unspecified atom stereocenters. The summed E-state index contributed by atoms with van der Waals surface area (Å²) in [7, 11) is 4.12. The van der Waals surface area contributed by atoms with Crippen LogP contribution in [0.25, 0.3) is 0 Å². The average molecular weight is 343 g/mol. The highest BCUT2D eigenvalue weighted by Crippen LogP contribution is 2.25. The van der Waals surface area contributed by atoms with E-state index in [9.17, 15) is 9.59 Å². The molecular weight excluding hydrogens is 318 g/mol. The monoisotopic (exact) mass is 343 g/mol. The lowest BCUT2D eigenvalue weighted by Crippen LogP contribution is -2.36. The van der Waals surface area contributed by atoms with E-state index >= 15 is 0 Å².